The number of rotatable bonds is 5. The standard InChI is InChI=1S/C19H28N2O4/c22-17(16-4-2-1-3-5-16)20-14-18(23)6-10-21(11-7-18)15-19(24)8-12-25-13-9-19/h1-5,23-24H,6-15H2,(H,20,22). The van der Waals surface area contributed by atoms with Crippen LogP contribution >= 0.6 is 0 Å². The second-order valence-corrected chi connectivity index (χ2v) is 7.39. The largest absolute Gasteiger partial charge is 0.388 e. The normalized spacial score (nSPS) is 23.1. The van der Waals surface area contributed by atoms with Gasteiger partial charge in [-0.15, -0.1) is 0 Å². The topological polar surface area (TPSA) is 82.0 Å². The highest BCUT2D eigenvalue weighted by molar-refractivity contribution is 5.94. The third-order valence-corrected chi connectivity index (χ3v) is 5.34. The summed E-state index contributed by atoms with van der Waals surface area (Å²) in [6, 6.07) is 9.03. The maximum absolute atomic E-state index is 12.1. The third kappa shape index (κ3) is 5.01. The van der Waals surface area contributed by atoms with Crippen molar-refractivity contribution >= 4 is 5.91 Å². The van der Waals surface area contributed by atoms with Gasteiger partial charge in [0, 0.05) is 57.8 Å². The summed E-state index contributed by atoms with van der Waals surface area (Å²) in [4.78, 5) is 14.3. The van der Waals surface area contributed by atoms with Gasteiger partial charge in [0.05, 0.1) is 11.2 Å². The lowest BCUT2D eigenvalue weighted by Gasteiger charge is -2.42. The van der Waals surface area contributed by atoms with E-state index in [0.29, 0.717) is 51.0 Å². The van der Waals surface area contributed by atoms with E-state index in [2.05, 4.69) is 10.2 Å². The Morgan fingerprint density at radius 3 is 2.32 bits per heavy atom. The molecule has 1 amide bonds. The summed E-state index contributed by atoms with van der Waals surface area (Å²) in [6.45, 7) is 3.55. The molecule has 0 unspecified atom stereocenters. The molecule has 2 aliphatic rings. The Balaban J connectivity index is 1.45. The van der Waals surface area contributed by atoms with Gasteiger partial charge in [-0.1, -0.05) is 18.2 Å². The van der Waals surface area contributed by atoms with Crippen molar-refractivity contribution in [3.63, 3.8) is 0 Å². The van der Waals surface area contributed by atoms with Crippen molar-refractivity contribution in [1.82, 2.24) is 10.2 Å². The van der Waals surface area contributed by atoms with E-state index in [4.69, 9.17) is 4.74 Å². The number of hydrogen-bond acceptors (Lipinski definition) is 5. The predicted molar refractivity (Wildman–Crippen MR) is 94.4 cm³/mol. The van der Waals surface area contributed by atoms with Gasteiger partial charge in [0.2, 0.25) is 0 Å². The molecule has 0 saturated carbocycles. The smallest absolute Gasteiger partial charge is 0.251 e. The zero-order valence-corrected chi connectivity index (χ0v) is 14.6. The van der Waals surface area contributed by atoms with Gasteiger partial charge in [0.25, 0.3) is 5.91 Å². The van der Waals surface area contributed by atoms with Crippen LogP contribution in [0.15, 0.2) is 30.3 Å². The van der Waals surface area contributed by atoms with E-state index in [1.807, 2.05) is 18.2 Å². The van der Waals surface area contributed by atoms with E-state index >= 15 is 0 Å². The molecule has 3 rings (SSSR count). The fraction of sp³-hybridized carbons (Fsp3) is 0.632. The minimum absolute atomic E-state index is 0.159. The lowest BCUT2D eigenvalue weighted by Crippen LogP contribution is -2.54. The summed E-state index contributed by atoms with van der Waals surface area (Å²) in [5.41, 5.74) is -0.945. The second kappa shape index (κ2) is 7.83. The SMILES string of the molecule is O=C(NCC1(O)CCN(CC2(O)CCOCC2)CC1)c1ccccc1. The van der Waals surface area contributed by atoms with Crippen LogP contribution in [0.25, 0.3) is 0 Å². The summed E-state index contributed by atoms with van der Waals surface area (Å²) in [5, 5.41) is 24.2. The first-order valence-corrected chi connectivity index (χ1v) is 9.06. The summed E-state index contributed by atoms with van der Waals surface area (Å²) >= 11 is 0. The summed E-state index contributed by atoms with van der Waals surface area (Å²) < 4.78 is 5.32. The number of benzene rings is 1. The molecule has 2 fully saturated rings. The summed E-state index contributed by atoms with van der Waals surface area (Å²) in [6.07, 6.45) is 2.52. The Kier molecular flexibility index (Phi) is 5.74. The molecule has 1 aromatic carbocycles. The maximum Gasteiger partial charge on any atom is 0.251 e. The van der Waals surface area contributed by atoms with Gasteiger partial charge in [-0.3, -0.25) is 4.79 Å². The van der Waals surface area contributed by atoms with Crippen LogP contribution in [0, 0.1) is 0 Å². The summed E-state index contributed by atoms with van der Waals surface area (Å²) in [7, 11) is 0. The van der Waals surface area contributed by atoms with Crippen LogP contribution in [0.5, 0.6) is 0 Å². The zero-order valence-electron chi connectivity index (χ0n) is 14.6. The minimum Gasteiger partial charge on any atom is -0.388 e. The molecular weight excluding hydrogens is 320 g/mol. The molecule has 2 heterocycles. The van der Waals surface area contributed by atoms with Gasteiger partial charge in [-0.25, -0.2) is 0 Å². The number of ether oxygens (including phenoxy) is 1. The fourth-order valence-electron chi connectivity index (χ4n) is 3.57. The Hall–Kier alpha value is -1.47. The molecule has 0 bridgehead atoms. The molecule has 0 aliphatic carbocycles. The summed E-state index contributed by atoms with van der Waals surface area (Å²) in [5.74, 6) is -0.159. The van der Waals surface area contributed by atoms with Crippen molar-refractivity contribution in [1.29, 1.82) is 0 Å². The highest BCUT2D eigenvalue weighted by atomic mass is 16.5. The van der Waals surface area contributed by atoms with E-state index < -0.39 is 11.2 Å². The van der Waals surface area contributed by atoms with Gasteiger partial charge in [0.15, 0.2) is 0 Å². The van der Waals surface area contributed by atoms with E-state index in [1.54, 1.807) is 12.1 Å². The first-order chi connectivity index (χ1) is 12.0. The number of nitrogens with zero attached hydrogens (tertiary/aromatic N) is 1. The molecule has 6 heteroatoms. The van der Waals surface area contributed by atoms with Crippen LogP contribution < -0.4 is 5.32 Å². The van der Waals surface area contributed by atoms with Crippen molar-refractivity contribution in [3.05, 3.63) is 35.9 Å². The van der Waals surface area contributed by atoms with Gasteiger partial charge < -0.3 is 25.2 Å². The molecule has 3 N–H and O–H groups in total. The molecule has 0 radical (unpaired) electrons. The zero-order chi connectivity index (χ0) is 17.8. The Labute approximate surface area is 148 Å². The van der Waals surface area contributed by atoms with E-state index in [1.165, 1.54) is 0 Å². The number of carbonyl (C=O) groups is 1. The van der Waals surface area contributed by atoms with Crippen LogP contribution in [-0.2, 0) is 4.74 Å². The van der Waals surface area contributed by atoms with Crippen LogP contribution in [-0.4, -0.2) is 71.6 Å². The van der Waals surface area contributed by atoms with E-state index in [0.717, 1.165) is 13.1 Å². The molecule has 6 nitrogen and oxygen atoms in total. The number of β-amino-alcohol motifs (C(OH)–C–C–N with tert-alkyl or cyclic N) is 1. The Morgan fingerprint density at radius 2 is 1.68 bits per heavy atom. The minimum atomic E-state index is -0.876. The fourth-order valence-corrected chi connectivity index (χ4v) is 3.57. The average Bonchev–Trinajstić information content (AvgIpc) is 2.63. The molecule has 2 aliphatic heterocycles. The lowest BCUT2D eigenvalue weighted by atomic mass is 9.88. The maximum atomic E-state index is 12.1. The Morgan fingerprint density at radius 1 is 1.04 bits per heavy atom. The molecule has 0 aromatic heterocycles. The van der Waals surface area contributed by atoms with Gasteiger partial charge in [0.1, 0.15) is 0 Å². The highest BCUT2D eigenvalue weighted by Gasteiger charge is 2.37. The van der Waals surface area contributed by atoms with Crippen LogP contribution in [0.1, 0.15) is 36.0 Å². The first-order valence-electron chi connectivity index (χ1n) is 9.06. The van der Waals surface area contributed by atoms with Crippen molar-refractivity contribution < 1.29 is 19.7 Å². The van der Waals surface area contributed by atoms with Crippen molar-refractivity contribution in [2.24, 2.45) is 0 Å². The molecular formula is C19H28N2O4. The van der Waals surface area contributed by atoms with Gasteiger partial charge in [-0.2, -0.15) is 0 Å². The number of amides is 1. The Bertz CT molecular complexity index is 564. The highest BCUT2D eigenvalue weighted by Crippen LogP contribution is 2.26. The van der Waals surface area contributed by atoms with Crippen LogP contribution in [0.4, 0.5) is 0 Å². The monoisotopic (exact) mass is 348 g/mol. The molecule has 25 heavy (non-hydrogen) atoms. The molecule has 1 aromatic rings. The van der Waals surface area contributed by atoms with E-state index in [9.17, 15) is 15.0 Å². The molecule has 2 saturated heterocycles. The van der Waals surface area contributed by atoms with Crippen molar-refractivity contribution in [2.45, 2.75) is 36.9 Å². The second-order valence-electron chi connectivity index (χ2n) is 7.39. The van der Waals surface area contributed by atoms with Gasteiger partial charge >= 0.3 is 0 Å². The predicted octanol–water partition coefficient (Wildman–Crippen LogP) is 0.785. The van der Waals surface area contributed by atoms with Crippen LogP contribution in [0.3, 0.4) is 0 Å². The molecule has 0 spiro atoms. The third-order valence-electron chi connectivity index (χ3n) is 5.34. The lowest BCUT2D eigenvalue weighted by molar-refractivity contribution is -0.0935. The quantitative estimate of drug-likeness (QED) is 0.733. The molecule has 138 valence electrons. The number of hydrogen-bond donors (Lipinski definition) is 3. The van der Waals surface area contributed by atoms with Gasteiger partial charge in [-0.05, 0) is 25.0 Å². The van der Waals surface area contributed by atoms with Crippen LogP contribution in [0.2, 0.25) is 0 Å². The number of aliphatic hydroxyl groups is 2. The number of nitrogens with one attached hydrogen (secondary N) is 1. The number of likely N-dealkylation sites (tertiary alicyclic amines) is 1. The van der Waals surface area contributed by atoms with E-state index in [-0.39, 0.29) is 12.5 Å². The molecule has 0 atom stereocenters. The first kappa shape index (κ1) is 18.3. The van der Waals surface area contributed by atoms with Crippen molar-refractivity contribution in [2.75, 3.05) is 39.4 Å². The van der Waals surface area contributed by atoms with Crippen molar-refractivity contribution in [3.8, 4) is 0 Å². The number of carbonyl (C=O) groups excluding carboxylic acids is 1. The average molecular weight is 348 g/mol. The number of piperidine rings is 1.